The van der Waals surface area contributed by atoms with Crippen LogP contribution in [0.3, 0.4) is 0 Å². The molecule has 0 atom stereocenters. The fraction of sp³-hybridized carbons (Fsp3) is 0.263. The van der Waals surface area contributed by atoms with Crippen LogP contribution < -0.4 is 20.3 Å². The van der Waals surface area contributed by atoms with E-state index in [0.29, 0.717) is 16.8 Å². The summed E-state index contributed by atoms with van der Waals surface area (Å²) in [5.41, 5.74) is 1.50. The molecule has 2 N–H and O–H groups in total. The Kier molecular flexibility index (Phi) is 7.40. The van der Waals surface area contributed by atoms with Crippen LogP contribution in [0.1, 0.15) is 22.4 Å². The molecule has 1 heterocycles. The number of amides is 1. The van der Waals surface area contributed by atoms with Crippen molar-refractivity contribution in [2.45, 2.75) is 33.6 Å². The van der Waals surface area contributed by atoms with Crippen molar-refractivity contribution >= 4 is 12.0 Å². The normalized spacial score (nSPS) is 11.3. The summed E-state index contributed by atoms with van der Waals surface area (Å²) in [5.74, 6) is -1.40. The number of nitrogens with one attached hydrogen (secondary N) is 2. The quantitative estimate of drug-likeness (QED) is 0.512. The molecule has 0 aliphatic carbocycles. The van der Waals surface area contributed by atoms with E-state index in [1.165, 1.54) is 12.1 Å². The number of H-pyrrole nitrogens is 1. The zero-order valence-electron chi connectivity index (χ0n) is 15.5. The second kappa shape index (κ2) is 9.76. The van der Waals surface area contributed by atoms with E-state index < -0.39 is 24.9 Å². The van der Waals surface area contributed by atoms with Crippen molar-refractivity contribution in [2.24, 2.45) is 0 Å². The van der Waals surface area contributed by atoms with Crippen molar-refractivity contribution in [1.29, 1.82) is 0 Å². The van der Waals surface area contributed by atoms with E-state index in [4.69, 9.17) is 0 Å². The molecule has 1 aromatic heterocycles. The van der Waals surface area contributed by atoms with Crippen LogP contribution in [0.5, 0.6) is 11.5 Å². The number of carbonyl (C=O) groups is 1. The molecule has 0 aliphatic rings. The predicted molar refractivity (Wildman–Crippen MR) is 97.1 cm³/mol. The number of rotatable bonds is 8. The van der Waals surface area contributed by atoms with Crippen LogP contribution in [-0.4, -0.2) is 24.1 Å². The summed E-state index contributed by atoms with van der Waals surface area (Å²) in [4.78, 5) is 26.6. The van der Waals surface area contributed by atoms with Gasteiger partial charge in [-0.1, -0.05) is 0 Å². The van der Waals surface area contributed by atoms with Gasteiger partial charge in [-0.2, -0.15) is 17.6 Å². The summed E-state index contributed by atoms with van der Waals surface area (Å²) < 4.78 is 58.1. The van der Waals surface area contributed by atoms with Gasteiger partial charge >= 0.3 is 13.2 Å². The molecule has 0 unspecified atom stereocenters. The van der Waals surface area contributed by atoms with Crippen molar-refractivity contribution in [2.75, 3.05) is 0 Å². The molecule has 0 saturated carbocycles. The van der Waals surface area contributed by atoms with Crippen LogP contribution in [0.25, 0.3) is 6.08 Å². The molecule has 0 bridgehead atoms. The highest BCUT2D eigenvalue weighted by Gasteiger charge is 2.13. The summed E-state index contributed by atoms with van der Waals surface area (Å²) in [6.07, 6.45) is 2.21. The summed E-state index contributed by atoms with van der Waals surface area (Å²) in [7, 11) is 0. The molecule has 2 rings (SSSR count). The van der Waals surface area contributed by atoms with E-state index >= 15 is 0 Å². The molecule has 2 aromatic rings. The van der Waals surface area contributed by atoms with Gasteiger partial charge in [0.05, 0.1) is 0 Å². The van der Waals surface area contributed by atoms with E-state index in [2.05, 4.69) is 19.8 Å². The van der Waals surface area contributed by atoms with Gasteiger partial charge in [-0.15, -0.1) is 0 Å². The molecule has 0 radical (unpaired) electrons. The first-order chi connectivity index (χ1) is 13.7. The molecule has 29 heavy (non-hydrogen) atoms. The number of pyridine rings is 1. The van der Waals surface area contributed by atoms with Crippen molar-refractivity contribution in [1.82, 2.24) is 10.3 Å². The van der Waals surface area contributed by atoms with Gasteiger partial charge in [0.2, 0.25) is 5.91 Å². The van der Waals surface area contributed by atoms with E-state index in [1.807, 2.05) is 0 Å². The van der Waals surface area contributed by atoms with Gasteiger partial charge in [0.15, 0.2) is 0 Å². The number of hydrogen-bond acceptors (Lipinski definition) is 4. The third kappa shape index (κ3) is 6.66. The molecule has 156 valence electrons. The van der Waals surface area contributed by atoms with E-state index in [9.17, 15) is 27.2 Å². The monoisotopic (exact) mass is 414 g/mol. The minimum Gasteiger partial charge on any atom is -0.435 e. The minimum atomic E-state index is -3.20. The topological polar surface area (TPSA) is 80.4 Å². The molecule has 0 fully saturated rings. The first-order valence-corrected chi connectivity index (χ1v) is 8.34. The van der Waals surface area contributed by atoms with Crippen LogP contribution in [0.2, 0.25) is 0 Å². The Morgan fingerprint density at radius 3 is 2.45 bits per heavy atom. The molecule has 1 aromatic carbocycles. The number of benzene rings is 1. The molecule has 10 heteroatoms. The van der Waals surface area contributed by atoms with Gasteiger partial charge in [-0.25, -0.2) is 0 Å². The fourth-order valence-electron chi connectivity index (χ4n) is 2.53. The number of carbonyl (C=O) groups excluding carboxylic acids is 1. The van der Waals surface area contributed by atoms with Crippen molar-refractivity contribution in [3.8, 4) is 11.5 Å². The maximum Gasteiger partial charge on any atom is 0.387 e. The predicted octanol–water partition coefficient (Wildman–Crippen LogP) is 3.52. The van der Waals surface area contributed by atoms with Crippen LogP contribution in [0.15, 0.2) is 35.1 Å². The SMILES string of the molecule is Cc1cc(C)c(CNC(=O)/C=C/c2ccc(OC(F)F)cc2OC(F)F)c(=O)[nH]1. The highest BCUT2D eigenvalue weighted by molar-refractivity contribution is 5.92. The summed E-state index contributed by atoms with van der Waals surface area (Å²) in [5, 5.41) is 2.51. The smallest absolute Gasteiger partial charge is 0.387 e. The number of aromatic amines is 1. The van der Waals surface area contributed by atoms with Gasteiger partial charge in [0.25, 0.3) is 5.56 Å². The third-order valence-corrected chi connectivity index (χ3v) is 3.77. The van der Waals surface area contributed by atoms with Crippen molar-refractivity contribution < 1.29 is 31.8 Å². The Morgan fingerprint density at radius 1 is 1.14 bits per heavy atom. The Bertz CT molecular complexity index is 958. The number of hydrogen-bond donors (Lipinski definition) is 2. The second-order valence-electron chi connectivity index (χ2n) is 5.95. The van der Waals surface area contributed by atoms with Crippen LogP contribution in [0.4, 0.5) is 17.6 Å². The average molecular weight is 414 g/mol. The molecular weight excluding hydrogens is 396 g/mol. The number of aromatic nitrogens is 1. The second-order valence-corrected chi connectivity index (χ2v) is 5.95. The van der Waals surface area contributed by atoms with E-state index in [1.54, 1.807) is 19.9 Å². The Labute approximate surface area is 163 Å². The summed E-state index contributed by atoms with van der Waals surface area (Å²) in [6.45, 7) is -2.90. The Morgan fingerprint density at radius 2 is 1.83 bits per heavy atom. The number of ether oxygens (including phenoxy) is 2. The van der Waals surface area contributed by atoms with Gasteiger partial charge in [-0.3, -0.25) is 9.59 Å². The minimum absolute atomic E-state index is 0.0355. The molecule has 0 saturated heterocycles. The molecule has 6 nitrogen and oxygen atoms in total. The lowest BCUT2D eigenvalue weighted by atomic mass is 10.1. The molecule has 0 spiro atoms. The first kappa shape index (κ1) is 22.0. The van der Waals surface area contributed by atoms with Gasteiger partial charge in [0.1, 0.15) is 11.5 Å². The molecule has 0 aliphatic heterocycles. The van der Waals surface area contributed by atoms with Gasteiger partial charge < -0.3 is 19.8 Å². The third-order valence-electron chi connectivity index (χ3n) is 3.77. The van der Waals surface area contributed by atoms with Crippen molar-refractivity contribution in [3.63, 3.8) is 0 Å². The lowest BCUT2D eigenvalue weighted by Gasteiger charge is -2.11. The first-order valence-electron chi connectivity index (χ1n) is 8.34. The lowest BCUT2D eigenvalue weighted by molar-refractivity contribution is -0.116. The molecule has 1 amide bonds. The summed E-state index contributed by atoms with van der Waals surface area (Å²) >= 11 is 0. The largest absolute Gasteiger partial charge is 0.435 e. The zero-order chi connectivity index (χ0) is 21.6. The highest BCUT2D eigenvalue weighted by Crippen LogP contribution is 2.28. The van der Waals surface area contributed by atoms with Crippen LogP contribution >= 0.6 is 0 Å². The van der Waals surface area contributed by atoms with E-state index in [0.717, 1.165) is 18.2 Å². The zero-order valence-corrected chi connectivity index (χ0v) is 15.5. The molecular formula is C19H18F4N2O4. The van der Waals surface area contributed by atoms with Gasteiger partial charge in [-0.05, 0) is 43.7 Å². The number of halogens is 4. The average Bonchev–Trinajstić information content (AvgIpc) is 2.59. The maximum absolute atomic E-state index is 12.6. The number of aryl methyl sites for hydroxylation is 2. The van der Waals surface area contributed by atoms with Gasteiger partial charge in [0, 0.05) is 35.5 Å². The lowest BCUT2D eigenvalue weighted by Crippen LogP contribution is -2.26. The van der Waals surface area contributed by atoms with E-state index in [-0.39, 0.29) is 23.4 Å². The standard InChI is InChI=1S/C19H18F4N2O4/c1-10-7-11(2)25-17(27)14(10)9-24-16(26)6-4-12-3-5-13(28-18(20)21)8-15(12)29-19(22)23/h3-8,18-19H,9H2,1-2H3,(H,24,26)(H,25,27)/b6-4+. The highest BCUT2D eigenvalue weighted by atomic mass is 19.3. The summed E-state index contributed by atoms with van der Waals surface area (Å²) in [6, 6.07) is 4.94. The van der Waals surface area contributed by atoms with Crippen LogP contribution in [0, 0.1) is 13.8 Å². The van der Waals surface area contributed by atoms with Crippen LogP contribution in [-0.2, 0) is 11.3 Å². The van der Waals surface area contributed by atoms with Crippen molar-refractivity contribution in [3.05, 3.63) is 63.1 Å². The Balaban J connectivity index is 2.11. The maximum atomic E-state index is 12.6. The fourth-order valence-corrected chi connectivity index (χ4v) is 2.53. The Hall–Kier alpha value is -3.30. The number of alkyl halides is 4.